The Labute approximate surface area is 142 Å². The van der Waals surface area contributed by atoms with Crippen LogP contribution in [-0.4, -0.2) is 4.98 Å². The molecular weight excluding hydrogens is 328 g/mol. The number of hydrogen-bond acceptors (Lipinski definition) is 4. The smallest absolute Gasteiger partial charge is 0.134 e. The summed E-state index contributed by atoms with van der Waals surface area (Å²) in [6, 6.07) is 13.3. The molecule has 0 atom stereocenters. The molecule has 2 heterocycles. The Bertz CT molecular complexity index is 884. The fourth-order valence-corrected chi connectivity index (χ4v) is 2.86. The van der Waals surface area contributed by atoms with Gasteiger partial charge in [0.15, 0.2) is 0 Å². The van der Waals surface area contributed by atoms with E-state index >= 15 is 0 Å². The van der Waals surface area contributed by atoms with Crippen LogP contribution in [-0.2, 0) is 0 Å². The van der Waals surface area contributed by atoms with Gasteiger partial charge in [-0.15, -0.1) is 11.3 Å². The molecule has 2 aromatic heterocycles. The van der Waals surface area contributed by atoms with Crippen molar-refractivity contribution in [1.29, 1.82) is 5.26 Å². The first-order valence-electron chi connectivity index (χ1n) is 6.80. The van der Waals surface area contributed by atoms with Gasteiger partial charge in [-0.25, -0.2) is 4.98 Å². The molecule has 3 nitrogen and oxygen atoms in total. The molecule has 0 amide bonds. The van der Waals surface area contributed by atoms with E-state index in [2.05, 4.69) is 11.1 Å². The van der Waals surface area contributed by atoms with E-state index in [-0.39, 0.29) is 0 Å². The lowest BCUT2D eigenvalue weighted by Gasteiger charge is -1.96. The quantitative estimate of drug-likeness (QED) is 0.454. The molecule has 0 unspecified atom stereocenters. The van der Waals surface area contributed by atoms with E-state index in [0.29, 0.717) is 15.6 Å². The molecule has 112 valence electrons. The largest absolute Gasteiger partial charge is 0.465 e. The Morgan fingerprint density at radius 1 is 1.26 bits per heavy atom. The number of rotatable bonds is 4. The van der Waals surface area contributed by atoms with Crippen LogP contribution < -0.4 is 0 Å². The molecule has 0 N–H and O–H groups in total. The number of halogens is 1. The van der Waals surface area contributed by atoms with Crippen LogP contribution >= 0.6 is 22.9 Å². The molecule has 5 heteroatoms. The molecular formula is C18H11ClN2OS. The molecule has 0 radical (unpaired) electrons. The molecule has 1 aromatic carbocycles. The standard InChI is InChI=1S/C18H11ClN2OS/c19-15-8-6-13(7-9-15)17-12-23-18(21-17)14(11-20)3-1-4-16-5-2-10-22-16/h1-10,12H. The van der Waals surface area contributed by atoms with Crippen LogP contribution in [0.25, 0.3) is 22.9 Å². The Balaban J connectivity index is 1.82. The van der Waals surface area contributed by atoms with Gasteiger partial charge in [0.2, 0.25) is 0 Å². The van der Waals surface area contributed by atoms with Crippen molar-refractivity contribution in [2.45, 2.75) is 0 Å². The summed E-state index contributed by atoms with van der Waals surface area (Å²) in [6.45, 7) is 0. The van der Waals surface area contributed by atoms with Gasteiger partial charge in [0.05, 0.1) is 17.5 Å². The molecule has 0 aliphatic carbocycles. The summed E-state index contributed by atoms with van der Waals surface area (Å²) in [4.78, 5) is 4.52. The third kappa shape index (κ3) is 3.78. The maximum absolute atomic E-state index is 9.33. The number of furan rings is 1. The Morgan fingerprint density at radius 2 is 2.09 bits per heavy atom. The minimum Gasteiger partial charge on any atom is -0.465 e. The predicted molar refractivity (Wildman–Crippen MR) is 93.9 cm³/mol. The molecule has 0 aliphatic heterocycles. The van der Waals surface area contributed by atoms with Crippen molar-refractivity contribution in [2.75, 3.05) is 0 Å². The van der Waals surface area contributed by atoms with Gasteiger partial charge in [0.25, 0.3) is 0 Å². The van der Waals surface area contributed by atoms with E-state index < -0.39 is 0 Å². The van der Waals surface area contributed by atoms with Crippen LogP contribution in [0.3, 0.4) is 0 Å². The van der Waals surface area contributed by atoms with E-state index in [4.69, 9.17) is 16.0 Å². The maximum atomic E-state index is 9.33. The van der Waals surface area contributed by atoms with E-state index in [9.17, 15) is 5.26 Å². The fraction of sp³-hybridized carbons (Fsp3) is 0. The molecule has 3 aromatic rings. The molecule has 0 saturated carbocycles. The number of aromatic nitrogens is 1. The van der Waals surface area contributed by atoms with E-state index in [1.807, 2.05) is 41.8 Å². The second kappa shape index (κ2) is 7.10. The lowest BCUT2D eigenvalue weighted by atomic mass is 10.2. The molecule has 3 rings (SSSR count). The fourth-order valence-electron chi connectivity index (χ4n) is 1.93. The van der Waals surface area contributed by atoms with Crippen LogP contribution in [0.4, 0.5) is 0 Å². The van der Waals surface area contributed by atoms with Crippen LogP contribution in [0, 0.1) is 11.3 Å². The summed E-state index contributed by atoms with van der Waals surface area (Å²) in [6.07, 6.45) is 6.91. The lowest BCUT2D eigenvalue weighted by Crippen LogP contribution is -1.81. The summed E-state index contributed by atoms with van der Waals surface area (Å²) in [5.41, 5.74) is 2.32. The number of benzene rings is 1. The van der Waals surface area contributed by atoms with Crippen molar-refractivity contribution in [3.8, 4) is 17.3 Å². The van der Waals surface area contributed by atoms with Gasteiger partial charge < -0.3 is 4.42 Å². The van der Waals surface area contributed by atoms with Crippen LogP contribution in [0.1, 0.15) is 10.8 Å². The summed E-state index contributed by atoms with van der Waals surface area (Å²) in [5.74, 6) is 0.736. The molecule has 0 bridgehead atoms. The zero-order chi connectivity index (χ0) is 16.1. The molecule has 23 heavy (non-hydrogen) atoms. The van der Waals surface area contributed by atoms with Crippen molar-refractivity contribution in [3.63, 3.8) is 0 Å². The first-order chi connectivity index (χ1) is 11.3. The molecule has 0 fully saturated rings. The number of hydrogen-bond donors (Lipinski definition) is 0. The summed E-state index contributed by atoms with van der Waals surface area (Å²) < 4.78 is 5.20. The average Bonchev–Trinajstić information content (AvgIpc) is 3.24. The Morgan fingerprint density at radius 3 is 2.78 bits per heavy atom. The Kier molecular flexibility index (Phi) is 4.72. The second-order valence-electron chi connectivity index (χ2n) is 4.61. The molecule has 0 aliphatic rings. The van der Waals surface area contributed by atoms with Crippen molar-refractivity contribution in [3.05, 3.63) is 76.0 Å². The summed E-state index contributed by atoms with van der Waals surface area (Å²) in [5, 5.41) is 12.6. The van der Waals surface area contributed by atoms with Gasteiger partial charge in [-0.05, 0) is 36.4 Å². The highest BCUT2D eigenvalue weighted by molar-refractivity contribution is 7.11. The van der Waals surface area contributed by atoms with Crippen molar-refractivity contribution in [2.24, 2.45) is 0 Å². The number of allylic oxidation sites excluding steroid dienone is 3. The van der Waals surface area contributed by atoms with Crippen molar-refractivity contribution >= 4 is 34.6 Å². The minimum atomic E-state index is 0.512. The van der Waals surface area contributed by atoms with Gasteiger partial charge in [0, 0.05) is 16.0 Å². The number of nitriles is 1. The Hall–Kier alpha value is -2.61. The van der Waals surface area contributed by atoms with E-state index in [0.717, 1.165) is 17.0 Å². The van der Waals surface area contributed by atoms with Gasteiger partial charge in [-0.3, -0.25) is 0 Å². The normalized spacial score (nSPS) is 11.7. The highest BCUT2D eigenvalue weighted by Crippen LogP contribution is 2.27. The van der Waals surface area contributed by atoms with Gasteiger partial charge in [-0.2, -0.15) is 5.26 Å². The first-order valence-corrected chi connectivity index (χ1v) is 8.06. The maximum Gasteiger partial charge on any atom is 0.134 e. The SMILES string of the molecule is N#CC(=CC=Cc1ccco1)c1nc(-c2ccc(Cl)cc2)cs1. The zero-order valence-electron chi connectivity index (χ0n) is 11.9. The lowest BCUT2D eigenvalue weighted by molar-refractivity contribution is 0.557. The molecule has 0 spiro atoms. The van der Waals surface area contributed by atoms with E-state index in [1.165, 1.54) is 11.3 Å². The predicted octanol–water partition coefficient (Wildman–Crippen LogP) is 5.68. The van der Waals surface area contributed by atoms with Crippen molar-refractivity contribution < 1.29 is 4.42 Å². The minimum absolute atomic E-state index is 0.512. The number of thiazole rings is 1. The second-order valence-corrected chi connectivity index (χ2v) is 5.91. The average molecular weight is 339 g/mol. The van der Waals surface area contributed by atoms with Crippen LogP contribution in [0.2, 0.25) is 5.02 Å². The van der Waals surface area contributed by atoms with Gasteiger partial charge >= 0.3 is 0 Å². The summed E-state index contributed by atoms with van der Waals surface area (Å²) in [7, 11) is 0. The van der Waals surface area contributed by atoms with Gasteiger partial charge in [0.1, 0.15) is 16.8 Å². The monoisotopic (exact) mass is 338 g/mol. The highest BCUT2D eigenvalue weighted by Gasteiger charge is 2.08. The van der Waals surface area contributed by atoms with Crippen molar-refractivity contribution in [1.82, 2.24) is 4.98 Å². The van der Waals surface area contributed by atoms with E-state index in [1.54, 1.807) is 24.5 Å². The van der Waals surface area contributed by atoms with Crippen LogP contribution in [0.5, 0.6) is 0 Å². The first kappa shape index (κ1) is 15.3. The third-order valence-electron chi connectivity index (χ3n) is 3.06. The summed E-state index contributed by atoms with van der Waals surface area (Å²) >= 11 is 7.33. The topological polar surface area (TPSA) is 49.8 Å². The number of nitrogens with zero attached hydrogens (tertiary/aromatic N) is 2. The molecule has 0 saturated heterocycles. The highest BCUT2D eigenvalue weighted by atomic mass is 35.5. The van der Waals surface area contributed by atoms with Gasteiger partial charge in [-0.1, -0.05) is 29.8 Å². The van der Waals surface area contributed by atoms with Crippen LogP contribution in [0.15, 0.2) is 64.6 Å². The third-order valence-corrected chi connectivity index (χ3v) is 4.19. The zero-order valence-corrected chi connectivity index (χ0v) is 13.5.